The lowest BCUT2D eigenvalue weighted by molar-refractivity contribution is -0.338. The quantitative estimate of drug-likeness (QED) is 0.804. The summed E-state index contributed by atoms with van der Waals surface area (Å²) in [6, 6.07) is 3.83. The topological polar surface area (TPSA) is 86.7 Å². The largest absolute Gasteiger partial charge is 0.493 e. The highest BCUT2D eigenvalue weighted by Crippen LogP contribution is 2.73. The predicted molar refractivity (Wildman–Crippen MR) is 101 cm³/mol. The van der Waals surface area contributed by atoms with Crippen molar-refractivity contribution in [2.45, 2.75) is 54.3 Å². The molecule has 2 saturated heterocycles. The van der Waals surface area contributed by atoms with E-state index in [0.717, 1.165) is 11.1 Å². The molecule has 1 amide bonds. The Morgan fingerprint density at radius 1 is 1.17 bits per heavy atom. The second-order valence-corrected chi connectivity index (χ2v) is 8.45. The summed E-state index contributed by atoms with van der Waals surface area (Å²) in [5.74, 6) is -0.147. The zero-order valence-electron chi connectivity index (χ0n) is 17.4. The van der Waals surface area contributed by atoms with Gasteiger partial charge in [-0.15, -0.1) is 0 Å². The SMILES string of the molecule is COc1ccc2c(c1OC)[C@@]13CC(=O)N(C)[C@@]14CC2O[C@]4(OC)C(OC)C(O)C3. The zero-order valence-corrected chi connectivity index (χ0v) is 17.4. The molecule has 5 rings (SSSR count). The lowest BCUT2D eigenvalue weighted by atomic mass is 9.50. The third-order valence-electron chi connectivity index (χ3n) is 7.81. The van der Waals surface area contributed by atoms with Crippen LogP contribution >= 0.6 is 0 Å². The minimum atomic E-state index is -1.30. The second-order valence-electron chi connectivity index (χ2n) is 8.45. The van der Waals surface area contributed by atoms with Gasteiger partial charge in [-0.05, 0) is 18.1 Å². The monoisotopic (exact) mass is 405 g/mol. The van der Waals surface area contributed by atoms with Gasteiger partial charge in [0, 0.05) is 45.1 Å². The van der Waals surface area contributed by atoms with Crippen molar-refractivity contribution in [3.8, 4) is 11.5 Å². The van der Waals surface area contributed by atoms with Gasteiger partial charge in [-0.3, -0.25) is 4.79 Å². The number of nitrogens with zero attached hydrogens (tertiary/aromatic N) is 1. The number of benzene rings is 1. The van der Waals surface area contributed by atoms with Crippen molar-refractivity contribution < 1.29 is 33.6 Å². The first-order chi connectivity index (χ1) is 13.9. The number of hydrogen-bond acceptors (Lipinski definition) is 7. The average molecular weight is 405 g/mol. The third-order valence-corrected chi connectivity index (χ3v) is 7.81. The number of carbonyl (C=O) groups is 1. The van der Waals surface area contributed by atoms with Crippen LogP contribution in [0.3, 0.4) is 0 Å². The summed E-state index contributed by atoms with van der Waals surface area (Å²) in [6.07, 6.45) is -0.810. The van der Waals surface area contributed by atoms with Crippen LogP contribution < -0.4 is 9.47 Å². The van der Waals surface area contributed by atoms with E-state index in [2.05, 4.69) is 0 Å². The third kappa shape index (κ3) is 1.79. The van der Waals surface area contributed by atoms with E-state index in [4.69, 9.17) is 23.7 Å². The Morgan fingerprint density at radius 2 is 1.93 bits per heavy atom. The molecule has 8 heteroatoms. The highest BCUT2D eigenvalue weighted by Gasteiger charge is 2.84. The van der Waals surface area contributed by atoms with Crippen molar-refractivity contribution in [2.24, 2.45) is 0 Å². The number of methoxy groups -OCH3 is 4. The van der Waals surface area contributed by atoms with Crippen LogP contribution in [0, 0.1) is 0 Å². The van der Waals surface area contributed by atoms with Gasteiger partial charge in [0.1, 0.15) is 11.6 Å². The Hall–Kier alpha value is -1.87. The molecule has 0 radical (unpaired) electrons. The number of aliphatic hydroxyl groups excluding tert-OH is 1. The van der Waals surface area contributed by atoms with E-state index >= 15 is 0 Å². The fraction of sp³-hybridized carbons (Fsp3) is 0.667. The van der Waals surface area contributed by atoms with Crippen molar-refractivity contribution in [1.29, 1.82) is 0 Å². The fourth-order valence-electron chi connectivity index (χ4n) is 6.90. The number of amides is 1. The summed E-state index contributed by atoms with van der Waals surface area (Å²) in [5, 5.41) is 11.2. The average Bonchev–Trinajstić information content (AvgIpc) is 3.17. The fourth-order valence-corrected chi connectivity index (χ4v) is 6.90. The van der Waals surface area contributed by atoms with Crippen LogP contribution in [0.5, 0.6) is 11.5 Å². The van der Waals surface area contributed by atoms with Gasteiger partial charge in [0.05, 0.1) is 26.4 Å². The number of ether oxygens (including phenoxy) is 5. The molecule has 0 aromatic heterocycles. The maximum Gasteiger partial charge on any atom is 0.223 e. The van der Waals surface area contributed by atoms with Crippen LogP contribution in [0.2, 0.25) is 0 Å². The summed E-state index contributed by atoms with van der Waals surface area (Å²) < 4.78 is 29.8. The van der Waals surface area contributed by atoms with Gasteiger partial charge < -0.3 is 33.7 Å². The number of likely N-dealkylation sites (N-methyl/N-ethyl adjacent to an activating group) is 1. The predicted octanol–water partition coefficient (Wildman–Crippen LogP) is 1.14. The number of hydrogen-bond donors (Lipinski definition) is 1. The Kier molecular flexibility index (Phi) is 3.85. The molecular formula is C21H27NO7. The lowest BCUT2D eigenvalue weighted by Crippen LogP contribution is -2.77. The van der Waals surface area contributed by atoms with Gasteiger partial charge in [-0.25, -0.2) is 0 Å². The molecule has 2 heterocycles. The van der Waals surface area contributed by atoms with E-state index in [1.807, 2.05) is 12.1 Å². The molecule has 4 aliphatic rings. The van der Waals surface area contributed by atoms with Crippen LogP contribution in [-0.4, -0.2) is 74.9 Å². The molecule has 1 aromatic rings. The van der Waals surface area contributed by atoms with E-state index in [-0.39, 0.29) is 18.4 Å². The van der Waals surface area contributed by atoms with Crippen LogP contribution in [0.4, 0.5) is 0 Å². The minimum Gasteiger partial charge on any atom is -0.493 e. The molecule has 29 heavy (non-hydrogen) atoms. The number of likely N-dealkylation sites (tertiary alicyclic amines) is 1. The van der Waals surface area contributed by atoms with Crippen LogP contribution in [0.1, 0.15) is 36.5 Å². The number of aliphatic hydroxyl groups is 1. The summed E-state index contributed by atoms with van der Waals surface area (Å²) in [6.45, 7) is 0. The van der Waals surface area contributed by atoms with Gasteiger partial charge in [0.25, 0.3) is 0 Å². The van der Waals surface area contributed by atoms with Gasteiger partial charge in [0.2, 0.25) is 11.7 Å². The molecular weight excluding hydrogens is 378 g/mol. The first-order valence-corrected chi connectivity index (χ1v) is 9.83. The van der Waals surface area contributed by atoms with Crippen molar-refractivity contribution in [2.75, 3.05) is 35.5 Å². The first kappa shape index (κ1) is 19.1. The highest BCUT2D eigenvalue weighted by atomic mass is 16.7. The standard InChI is InChI=1S/C21H27NO7/c1-22-15(24)10-19-8-12(23)18(27-4)21(28-5)20(19,22)9-14(29-21)11-6-7-13(25-2)17(26-3)16(11)19/h6-7,12,14,18,23H,8-10H2,1-5H3/t12?,14?,18?,19-,20+,21-/m1/s1. The number of fused-ring (bicyclic) bond motifs is 3. The normalized spacial score (nSPS) is 41.9. The lowest BCUT2D eigenvalue weighted by Gasteiger charge is -2.60. The van der Waals surface area contributed by atoms with E-state index in [9.17, 15) is 9.90 Å². The Bertz CT molecular complexity index is 890. The molecule has 1 saturated carbocycles. The molecule has 2 aliphatic heterocycles. The zero-order chi connectivity index (χ0) is 20.8. The maximum atomic E-state index is 13.2. The van der Waals surface area contributed by atoms with E-state index < -0.39 is 28.9 Å². The summed E-state index contributed by atoms with van der Waals surface area (Å²) in [5.41, 5.74) is 0.235. The molecule has 158 valence electrons. The molecule has 3 unspecified atom stereocenters. The first-order valence-electron chi connectivity index (χ1n) is 9.83. The molecule has 2 bridgehead atoms. The maximum absolute atomic E-state index is 13.2. The molecule has 2 aliphatic carbocycles. The van der Waals surface area contributed by atoms with Gasteiger partial charge in [0.15, 0.2) is 11.5 Å². The number of carbonyl (C=O) groups excluding carboxylic acids is 1. The Morgan fingerprint density at radius 3 is 2.55 bits per heavy atom. The second kappa shape index (κ2) is 5.85. The smallest absolute Gasteiger partial charge is 0.223 e. The summed E-state index contributed by atoms with van der Waals surface area (Å²) in [7, 11) is 8.08. The highest BCUT2D eigenvalue weighted by molar-refractivity contribution is 5.85. The molecule has 1 N–H and O–H groups in total. The van der Waals surface area contributed by atoms with Gasteiger partial charge in [-0.1, -0.05) is 6.07 Å². The van der Waals surface area contributed by atoms with Crippen molar-refractivity contribution >= 4 is 5.91 Å². The molecule has 8 nitrogen and oxygen atoms in total. The van der Waals surface area contributed by atoms with E-state index in [0.29, 0.717) is 24.3 Å². The van der Waals surface area contributed by atoms with Crippen molar-refractivity contribution in [1.82, 2.24) is 4.90 Å². The molecule has 1 spiro atoms. The van der Waals surface area contributed by atoms with Crippen LogP contribution in [0.15, 0.2) is 12.1 Å². The number of rotatable bonds is 4. The molecule has 1 aromatic carbocycles. The van der Waals surface area contributed by atoms with E-state index in [1.54, 1.807) is 33.3 Å². The molecule has 6 atom stereocenters. The van der Waals surface area contributed by atoms with Crippen LogP contribution in [-0.2, 0) is 24.4 Å². The minimum absolute atomic E-state index is 0.0163. The Labute approximate surface area is 169 Å². The summed E-state index contributed by atoms with van der Waals surface area (Å²) in [4.78, 5) is 15.0. The molecule has 3 fully saturated rings. The van der Waals surface area contributed by atoms with Crippen LogP contribution in [0.25, 0.3) is 0 Å². The Balaban J connectivity index is 1.91. The van der Waals surface area contributed by atoms with Gasteiger partial charge >= 0.3 is 0 Å². The summed E-state index contributed by atoms with van der Waals surface area (Å²) >= 11 is 0. The van der Waals surface area contributed by atoms with Crippen molar-refractivity contribution in [3.05, 3.63) is 23.3 Å². The van der Waals surface area contributed by atoms with E-state index in [1.165, 1.54) is 7.11 Å². The van der Waals surface area contributed by atoms with Gasteiger partial charge in [-0.2, -0.15) is 0 Å². The van der Waals surface area contributed by atoms with Crippen molar-refractivity contribution in [3.63, 3.8) is 0 Å².